The summed E-state index contributed by atoms with van der Waals surface area (Å²) in [6, 6.07) is 17.6. The van der Waals surface area contributed by atoms with Crippen molar-refractivity contribution in [2.75, 3.05) is 17.7 Å². The smallest absolute Gasteiger partial charge is 0.324 e. The van der Waals surface area contributed by atoms with Gasteiger partial charge in [0.05, 0.1) is 30.1 Å². The first kappa shape index (κ1) is 20.0. The number of carbonyl (C=O) groups excluding carboxylic acids is 1. The van der Waals surface area contributed by atoms with E-state index < -0.39 is 6.03 Å². The fourth-order valence-corrected chi connectivity index (χ4v) is 2.68. The Bertz CT molecular complexity index is 1060. The molecule has 2 amide bonds. The third kappa shape index (κ3) is 4.74. The summed E-state index contributed by atoms with van der Waals surface area (Å²) in [5.74, 6) is 1.23. The van der Waals surface area contributed by atoms with Gasteiger partial charge in [-0.25, -0.2) is 9.48 Å². The Kier molecular flexibility index (Phi) is 5.55. The monoisotopic (exact) mass is 389 g/mol. The van der Waals surface area contributed by atoms with Gasteiger partial charge >= 0.3 is 6.03 Å². The van der Waals surface area contributed by atoms with Crippen LogP contribution in [0.1, 0.15) is 32.0 Å². The second-order valence-corrected chi connectivity index (χ2v) is 7.55. The number of carbonyl (C=O) groups is 1. The van der Waals surface area contributed by atoms with Crippen molar-refractivity contribution in [2.45, 2.75) is 26.2 Å². The highest BCUT2D eigenvalue weighted by molar-refractivity contribution is 5.99. The van der Waals surface area contributed by atoms with Crippen molar-refractivity contribution in [1.82, 2.24) is 9.78 Å². The first-order chi connectivity index (χ1) is 13.8. The van der Waals surface area contributed by atoms with Gasteiger partial charge in [-0.05, 0) is 36.4 Å². The third-order valence-corrected chi connectivity index (χ3v) is 4.29. The van der Waals surface area contributed by atoms with Gasteiger partial charge in [0.2, 0.25) is 0 Å². The third-order valence-electron chi connectivity index (χ3n) is 4.29. The zero-order valence-electron chi connectivity index (χ0n) is 16.9. The summed E-state index contributed by atoms with van der Waals surface area (Å²) < 4.78 is 6.99. The molecule has 29 heavy (non-hydrogen) atoms. The fraction of sp³-hybridized carbons (Fsp3) is 0.227. The summed E-state index contributed by atoms with van der Waals surface area (Å²) in [4.78, 5) is 12.5. The van der Waals surface area contributed by atoms with Gasteiger partial charge in [0.25, 0.3) is 0 Å². The summed E-state index contributed by atoms with van der Waals surface area (Å²) in [6.07, 6.45) is 0. The van der Waals surface area contributed by atoms with E-state index in [0.717, 1.165) is 11.4 Å². The average Bonchev–Trinajstić information content (AvgIpc) is 3.12. The van der Waals surface area contributed by atoms with Crippen LogP contribution in [-0.4, -0.2) is 22.9 Å². The predicted molar refractivity (Wildman–Crippen MR) is 113 cm³/mol. The molecule has 0 aliphatic carbocycles. The lowest BCUT2D eigenvalue weighted by Gasteiger charge is -2.14. The summed E-state index contributed by atoms with van der Waals surface area (Å²) in [5.41, 5.74) is 2.54. The molecule has 1 heterocycles. The van der Waals surface area contributed by atoms with Crippen LogP contribution in [0.25, 0.3) is 5.69 Å². The predicted octanol–water partition coefficient (Wildman–Crippen LogP) is 4.69. The van der Waals surface area contributed by atoms with E-state index in [4.69, 9.17) is 15.1 Å². The molecule has 0 fully saturated rings. The minimum atomic E-state index is -0.404. The standard InChI is InChI=1S/C22H23N5O2/c1-22(2,3)19-13-20(27(26-19)17-6-5-7-18(12-17)29-4)25-21(28)24-16-10-8-15(14-23)9-11-16/h5-13H,1-4H3,(H2,24,25,28). The molecule has 2 N–H and O–H groups in total. The van der Waals surface area contributed by atoms with E-state index in [0.29, 0.717) is 22.8 Å². The van der Waals surface area contributed by atoms with Crippen LogP contribution in [0.3, 0.4) is 0 Å². The Labute approximate surface area is 169 Å². The summed E-state index contributed by atoms with van der Waals surface area (Å²) in [7, 11) is 1.60. The molecule has 0 aliphatic rings. The van der Waals surface area contributed by atoms with Gasteiger partial charge in [-0.3, -0.25) is 5.32 Å². The van der Waals surface area contributed by atoms with Gasteiger partial charge in [-0.2, -0.15) is 10.4 Å². The number of anilines is 2. The second-order valence-electron chi connectivity index (χ2n) is 7.55. The van der Waals surface area contributed by atoms with Crippen LogP contribution < -0.4 is 15.4 Å². The molecule has 0 atom stereocenters. The largest absolute Gasteiger partial charge is 0.497 e. The quantitative estimate of drug-likeness (QED) is 0.677. The van der Waals surface area contributed by atoms with Crippen LogP contribution in [0.15, 0.2) is 54.6 Å². The maximum Gasteiger partial charge on any atom is 0.324 e. The molecule has 3 aromatic rings. The van der Waals surface area contributed by atoms with Gasteiger partial charge in [0, 0.05) is 23.2 Å². The topological polar surface area (TPSA) is 92.0 Å². The Balaban J connectivity index is 1.89. The fourth-order valence-electron chi connectivity index (χ4n) is 2.68. The Morgan fingerprint density at radius 2 is 1.83 bits per heavy atom. The lowest BCUT2D eigenvalue weighted by atomic mass is 9.92. The van der Waals surface area contributed by atoms with Crippen LogP contribution in [0, 0.1) is 11.3 Å². The molecule has 148 valence electrons. The number of methoxy groups -OCH3 is 1. The van der Waals surface area contributed by atoms with Crippen molar-refractivity contribution >= 4 is 17.5 Å². The number of benzene rings is 2. The molecule has 0 unspecified atom stereocenters. The zero-order valence-corrected chi connectivity index (χ0v) is 16.9. The highest BCUT2D eigenvalue weighted by Crippen LogP contribution is 2.27. The number of urea groups is 1. The van der Waals surface area contributed by atoms with Crippen molar-refractivity contribution in [3.63, 3.8) is 0 Å². The molecule has 0 aliphatic heterocycles. The Hall–Kier alpha value is -3.79. The van der Waals surface area contributed by atoms with Crippen molar-refractivity contribution in [3.8, 4) is 17.5 Å². The van der Waals surface area contributed by atoms with Crippen LogP contribution in [0.4, 0.5) is 16.3 Å². The van der Waals surface area contributed by atoms with E-state index in [2.05, 4.69) is 31.4 Å². The number of nitrogens with one attached hydrogen (secondary N) is 2. The first-order valence-corrected chi connectivity index (χ1v) is 9.13. The van der Waals surface area contributed by atoms with Gasteiger partial charge < -0.3 is 10.1 Å². The van der Waals surface area contributed by atoms with E-state index in [1.54, 1.807) is 36.1 Å². The number of nitrogens with zero attached hydrogens (tertiary/aromatic N) is 3. The minimum Gasteiger partial charge on any atom is -0.497 e. The Morgan fingerprint density at radius 3 is 2.45 bits per heavy atom. The molecule has 0 saturated heterocycles. The highest BCUT2D eigenvalue weighted by atomic mass is 16.5. The summed E-state index contributed by atoms with van der Waals surface area (Å²) >= 11 is 0. The van der Waals surface area contributed by atoms with Gasteiger partial charge in [-0.15, -0.1) is 0 Å². The molecule has 2 aromatic carbocycles. The lowest BCUT2D eigenvalue weighted by Crippen LogP contribution is -2.21. The van der Waals surface area contributed by atoms with E-state index in [1.807, 2.05) is 36.4 Å². The van der Waals surface area contributed by atoms with Crippen LogP contribution >= 0.6 is 0 Å². The summed E-state index contributed by atoms with van der Waals surface area (Å²) in [6.45, 7) is 6.18. The van der Waals surface area contributed by atoms with E-state index >= 15 is 0 Å². The molecule has 0 saturated carbocycles. The molecule has 7 nitrogen and oxygen atoms in total. The molecule has 7 heteroatoms. The number of ether oxygens (including phenoxy) is 1. The van der Waals surface area contributed by atoms with Crippen LogP contribution in [0.2, 0.25) is 0 Å². The normalized spacial score (nSPS) is 10.9. The number of hydrogen-bond donors (Lipinski definition) is 2. The number of aromatic nitrogens is 2. The maximum absolute atomic E-state index is 12.5. The van der Waals surface area contributed by atoms with Crippen molar-refractivity contribution < 1.29 is 9.53 Å². The molecule has 0 radical (unpaired) electrons. The maximum atomic E-state index is 12.5. The van der Waals surface area contributed by atoms with Crippen LogP contribution in [-0.2, 0) is 5.41 Å². The number of nitriles is 1. The molecular formula is C22H23N5O2. The van der Waals surface area contributed by atoms with Gasteiger partial charge in [0.1, 0.15) is 11.6 Å². The number of hydrogen-bond acceptors (Lipinski definition) is 4. The highest BCUT2D eigenvalue weighted by Gasteiger charge is 2.21. The van der Waals surface area contributed by atoms with Crippen LogP contribution in [0.5, 0.6) is 5.75 Å². The molecule has 1 aromatic heterocycles. The molecule has 0 spiro atoms. The second kappa shape index (κ2) is 8.07. The molecule has 0 bridgehead atoms. The van der Waals surface area contributed by atoms with E-state index in [1.165, 1.54) is 0 Å². The van der Waals surface area contributed by atoms with E-state index in [9.17, 15) is 4.79 Å². The lowest BCUT2D eigenvalue weighted by molar-refractivity contribution is 0.262. The minimum absolute atomic E-state index is 0.190. The van der Waals surface area contributed by atoms with E-state index in [-0.39, 0.29) is 5.41 Å². The van der Waals surface area contributed by atoms with Crippen molar-refractivity contribution in [3.05, 3.63) is 65.9 Å². The summed E-state index contributed by atoms with van der Waals surface area (Å²) in [5, 5.41) is 19.2. The van der Waals surface area contributed by atoms with Gasteiger partial charge in [0.15, 0.2) is 0 Å². The number of rotatable bonds is 4. The molecular weight excluding hydrogens is 366 g/mol. The average molecular weight is 389 g/mol. The zero-order chi connectivity index (χ0) is 21.0. The van der Waals surface area contributed by atoms with Crippen molar-refractivity contribution in [2.24, 2.45) is 0 Å². The van der Waals surface area contributed by atoms with Crippen molar-refractivity contribution in [1.29, 1.82) is 5.26 Å². The molecule has 3 rings (SSSR count). The SMILES string of the molecule is COc1cccc(-n2nc(C(C)(C)C)cc2NC(=O)Nc2ccc(C#N)cc2)c1. The van der Waals surface area contributed by atoms with Gasteiger partial charge in [-0.1, -0.05) is 26.8 Å². The Morgan fingerprint density at radius 1 is 1.10 bits per heavy atom. The first-order valence-electron chi connectivity index (χ1n) is 9.13. The number of amides is 2.